The van der Waals surface area contributed by atoms with Gasteiger partial charge in [0.05, 0.1) is 11.3 Å². The molecule has 3 aromatic heterocycles. The fraction of sp³-hybridized carbons (Fsp3) is 0.500. The van der Waals surface area contributed by atoms with Crippen LogP contribution in [0.5, 0.6) is 0 Å². The van der Waals surface area contributed by atoms with Crippen molar-refractivity contribution in [3.63, 3.8) is 0 Å². The lowest BCUT2D eigenvalue weighted by Gasteiger charge is -2.34. The number of aldehydes is 1. The van der Waals surface area contributed by atoms with E-state index in [0.29, 0.717) is 23.2 Å². The van der Waals surface area contributed by atoms with Crippen LogP contribution in [0.4, 0.5) is 11.6 Å². The van der Waals surface area contributed by atoms with Gasteiger partial charge in [0.1, 0.15) is 23.8 Å². The lowest BCUT2D eigenvalue weighted by Crippen LogP contribution is -2.39. The van der Waals surface area contributed by atoms with E-state index in [1.807, 2.05) is 6.20 Å². The van der Waals surface area contributed by atoms with Crippen LogP contribution in [0, 0.1) is 0 Å². The minimum Gasteiger partial charge on any atom is -0.383 e. The predicted octanol–water partition coefficient (Wildman–Crippen LogP) is 3.34. The van der Waals surface area contributed by atoms with Gasteiger partial charge in [-0.2, -0.15) is 0 Å². The quantitative estimate of drug-likeness (QED) is 0.496. The van der Waals surface area contributed by atoms with Gasteiger partial charge in [0.15, 0.2) is 6.29 Å². The molecule has 35 heavy (non-hydrogen) atoms. The molecule has 0 bridgehead atoms. The van der Waals surface area contributed by atoms with Gasteiger partial charge in [-0.15, -0.1) is 0 Å². The summed E-state index contributed by atoms with van der Waals surface area (Å²) in [4.78, 5) is 34.2. The Kier molecular flexibility index (Phi) is 6.77. The highest BCUT2D eigenvalue weighted by Crippen LogP contribution is 2.33. The molecule has 9 nitrogen and oxygen atoms in total. The van der Waals surface area contributed by atoms with Crippen LogP contribution in [0.1, 0.15) is 66.8 Å². The molecule has 2 saturated heterocycles. The molecule has 0 aliphatic carbocycles. The van der Waals surface area contributed by atoms with Gasteiger partial charge in [-0.1, -0.05) is 13.8 Å². The number of likely N-dealkylation sites (tertiary alicyclic amines) is 1. The average molecular weight is 475 g/mol. The van der Waals surface area contributed by atoms with Crippen LogP contribution in [-0.4, -0.2) is 68.4 Å². The third-order valence-electron chi connectivity index (χ3n) is 7.25. The lowest BCUT2D eigenvalue weighted by molar-refractivity contribution is 0.112. The van der Waals surface area contributed by atoms with Crippen LogP contribution in [-0.2, 0) is 6.54 Å². The molecule has 2 fully saturated rings. The molecule has 2 N–H and O–H groups in total. The first-order valence-electron chi connectivity index (χ1n) is 12.6. The van der Waals surface area contributed by atoms with Crippen molar-refractivity contribution in [3.05, 3.63) is 47.9 Å². The van der Waals surface area contributed by atoms with Crippen molar-refractivity contribution >= 4 is 17.9 Å². The van der Waals surface area contributed by atoms with E-state index >= 15 is 0 Å². The zero-order valence-electron chi connectivity index (χ0n) is 20.6. The zero-order valence-corrected chi connectivity index (χ0v) is 20.6. The Hall–Kier alpha value is -3.33. The molecular weight excluding hydrogens is 440 g/mol. The Morgan fingerprint density at radius 1 is 1.11 bits per heavy atom. The predicted molar refractivity (Wildman–Crippen MR) is 137 cm³/mol. The topological polar surface area (TPSA) is 106 Å². The molecule has 2 aliphatic rings. The summed E-state index contributed by atoms with van der Waals surface area (Å²) in [5.74, 6) is 2.74. The first kappa shape index (κ1) is 23.4. The van der Waals surface area contributed by atoms with Crippen molar-refractivity contribution < 1.29 is 4.79 Å². The number of aromatic nitrogens is 5. The highest BCUT2D eigenvalue weighted by atomic mass is 16.1. The number of nitrogens with zero attached hydrogens (tertiary/aromatic N) is 7. The first-order chi connectivity index (χ1) is 17.0. The number of nitrogen functional groups attached to an aromatic ring is 1. The number of hydrogen-bond acceptors (Lipinski definition) is 8. The molecule has 5 rings (SSSR count). The second-order valence-corrected chi connectivity index (χ2v) is 9.87. The molecule has 3 aromatic rings. The zero-order chi connectivity index (χ0) is 24.4. The molecule has 0 unspecified atom stereocenters. The highest BCUT2D eigenvalue weighted by molar-refractivity contribution is 5.88. The normalized spacial score (nSPS) is 17.1. The minimum atomic E-state index is 0.233. The molecule has 0 radical (unpaired) electrons. The van der Waals surface area contributed by atoms with Gasteiger partial charge in [0, 0.05) is 55.7 Å². The van der Waals surface area contributed by atoms with Crippen molar-refractivity contribution in [1.82, 2.24) is 29.4 Å². The molecule has 9 heteroatoms. The van der Waals surface area contributed by atoms with E-state index in [0.717, 1.165) is 68.1 Å². The molecule has 0 spiro atoms. The van der Waals surface area contributed by atoms with Crippen LogP contribution in [0.15, 0.2) is 30.9 Å². The van der Waals surface area contributed by atoms with Gasteiger partial charge < -0.3 is 20.1 Å². The summed E-state index contributed by atoms with van der Waals surface area (Å²) >= 11 is 0. The molecule has 0 aromatic carbocycles. The number of rotatable bonds is 8. The molecule has 0 amide bonds. The van der Waals surface area contributed by atoms with E-state index in [2.05, 4.69) is 61.5 Å². The van der Waals surface area contributed by atoms with Gasteiger partial charge in [-0.3, -0.25) is 9.78 Å². The SMILES string of the molecule is CC(C)c1cc(-c2cn(CCN3CCC3)c(C3CCN(c4ncnc(N)c4C=O)CC3)n2)ccn1. The Morgan fingerprint density at radius 2 is 1.91 bits per heavy atom. The third-order valence-corrected chi connectivity index (χ3v) is 7.25. The number of pyridine rings is 1. The van der Waals surface area contributed by atoms with Gasteiger partial charge in [0.2, 0.25) is 0 Å². The molecule has 0 saturated carbocycles. The molecule has 0 atom stereocenters. The number of carbonyl (C=O) groups is 1. The Labute approximate surface area is 206 Å². The molecule has 5 heterocycles. The smallest absolute Gasteiger partial charge is 0.157 e. The van der Waals surface area contributed by atoms with E-state index in [-0.39, 0.29) is 5.82 Å². The largest absolute Gasteiger partial charge is 0.383 e. The summed E-state index contributed by atoms with van der Waals surface area (Å²) in [7, 11) is 0. The lowest BCUT2D eigenvalue weighted by atomic mass is 9.95. The minimum absolute atomic E-state index is 0.233. The van der Waals surface area contributed by atoms with Gasteiger partial charge in [-0.05, 0) is 50.4 Å². The summed E-state index contributed by atoms with van der Waals surface area (Å²) < 4.78 is 2.36. The Morgan fingerprint density at radius 3 is 2.60 bits per heavy atom. The van der Waals surface area contributed by atoms with Crippen molar-refractivity contribution in [2.75, 3.05) is 43.4 Å². The molecule has 184 valence electrons. The maximum absolute atomic E-state index is 11.6. The van der Waals surface area contributed by atoms with Crippen LogP contribution in [0.3, 0.4) is 0 Å². The number of imidazole rings is 1. The fourth-order valence-corrected chi connectivity index (χ4v) is 4.97. The van der Waals surface area contributed by atoms with E-state index in [1.165, 1.54) is 25.8 Å². The van der Waals surface area contributed by atoms with Crippen LogP contribution in [0.25, 0.3) is 11.3 Å². The fourth-order valence-electron chi connectivity index (χ4n) is 4.97. The number of carbonyl (C=O) groups excluding carboxylic acids is 1. The molecular formula is C26H34N8O. The van der Waals surface area contributed by atoms with Crippen LogP contribution >= 0.6 is 0 Å². The van der Waals surface area contributed by atoms with Crippen molar-refractivity contribution in [3.8, 4) is 11.3 Å². The number of anilines is 2. The summed E-state index contributed by atoms with van der Waals surface area (Å²) in [6.07, 6.45) is 9.47. The van der Waals surface area contributed by atoms with E-state index in [9.17, 15) is 4.79 Å². The van der Waals surface area contributed by atoms with E-state index < -0.39 is 0 Å². The van der Waals surface area contributed by atoms with Gasteiger partial charge in [-0.25, -0.2) is 15.0 Å². The third kappa shape index (κ3) is 4.91. The second kappa shape index (κ2) is 10.1. The van der Waals surface area contributed by atoms with Crippen molar-refractivity contribution in [2.45, 2.75) is 51.5 Å². The number of piperidine rings is 1. The maximum atomic E-state index is 11.6. The standard InChI is InChI=1S/C26H34N8O/c1-18(2)22-14-20(4-7-28-22)23-15-34(13-12-32-8-3-9-32)25(31-23)19-5-10-33(11-6-19)26-21(16-35)24(27)29-17-30-26/h4,7,14-19H,3,5-6,8-13H2,1-2H3,(H2,27,29,30). The van der Waals surface area contributed by atoms with Crippen molar-refractivity contribution in [1.29, 1.82) is 0 Å². The second-order valence-electron chi connectivity index (χ2n) is 9.87. The van der Waals surface area contributed by atoms with Crippen LogP contribution in [0.2, 0.25) is 0 Å². The Balaban J connectivity index is 1.38. The van der Waals surface area contributed by atoms with E-state index in [4.69, 9.17) is 10.7 Å². The first-order valence-corrected chi connectivity index (χ1v) is 12.6. The summed E-state index contributed by atoms with van der Waals surface area (Å²) in [5.41, 5.74) is 9.51. The summed E-state index contributed by atoms with van der Waals surface area (Å²) in [6.45, 7) is 10.3. The monoisotopic (exact) mass is 474 g/mol. The number of nitrogens with two attached hydrogens (primary N) is 1. The van der Waals surface area contributed by atoms with E-state index in [1.54, 1.807) is 0 Å². The number of hydrogen-bond donors (Lipinski definition) is 1. The maximum Gasteiger partial charge on any atom is 0.157 e. The van der Waals surface area contributed by atoms with Gasteiger partial charge >= 0.3 is 0 Å². The van der Waals surface area contributed by atoms with Gasteiger partial charge in [0.25, 0.3) is 0 Å². The molecule has 2 aliphatic heterocycles. The summed E-state index contributed by atoms with van der Waals surface area (Å²) in [5, 5.41) is 0. The average Bonchev–Trinajstić information content (AvgIpc) is 3.27. The summed E-state index contributed by atoms with van der Waals surface area (Å²) in [6, 6.07) is 4.22. The highest BCUT2D eigenvalue weighted by Gasteiger charge is 2.28. The van der Waals surface area contributed by atoms with Crippen molar-refractivity contribution in [2.24, 2.45) is 0 Å². The Bertz CT molecular complexity index is 1180. The van der Waals surface area contributed by atoms with Crippen LogP contribution < -0.4 is 10.6 Å².